The maximum absolute atomic E-state index is 9.93. The summed E-state index contributed by atoms with van der Waals surface area (Å²) in [5.74, 6) is 0. The van der Waals surface area contributed by atoms with Gasteiger partial charge in [-0.2, -0.15) is 0 Å². The fourth-order valence-electron chi connectivity index (χ4n) is 0.837. The van der Waals surface area contributed by atoms with Gasteiger partial charge in [0.1, 0.15) is 6.29 Å². The van der Waals surface area contributed by atoms with Gasteiger partial charge in [-0.15, -0.1) is 0 Å². The van der Waals surface area contributed by atoms with Gasteiger partial charge in [0.2, 0.25) is 0 Å². The van der Waals surface area contributed by atoms with Crippen LogP contribution in [-0.4, -0.2) is 32.7 Å². The Morgan fingerprint density at radius 3 is 2.15 bits per heavy atom. The SMILES string of the molecule is CCCCOCCOCCCC=O. The molecule has 0 spiro atoms. The van der Waals surface area contributed by atoms with E-state index in [-0.39, 0.29) is 0 Å². The van der Waals surface area contributed by atoms with E-state index in [1.165, 1.54) is 6.42 Å². The molecule has 0 heterocycles. The number of carbonyl (C=O) groups is 1. The zero-order chi connectivity index (χ0) is 9.78. The van der Waals surface area contributed by atoms with Crippen LogP contribution in [0.1, 0.15) is 32.6 Å². The lowest BCUT2D eigenvalue weighted by Gasteiger charge is -2.03. The number of aldehydes is 1. The third kappa shape index (κ3) is 11.6. The van der Waals surface area contributed by atoms with Crippen LogP contribution in [0.2, 0.25) is 0 Å². The number of hydrogen-bond donors (Lipinski definition) is 0. The van der Waals surface area contributed by atoms with Crippen LogP contribution in [0.25, 0.3) is 0 Å². The van der Waals surface area contributed by atoms with Gasteiger partial charge in [0, 0.05) is 19.6 Å². The summed E-state index contributed by atoms with van der Waals surface area (Å²) in [6.07, 6.45) is 4.61. The minimum Gasteiger partial charge on any atom is -0.379 e. The molecule has 0 N–H and O–H groups in total. The average Bonchev–Trinajstić information content (AvgIpc) is 2.16. The van der Waals surface area contributed by atoms with Gasteiger partial charge in [0.05, 0.1) is 13.2 Å². The molecule has 78 valence electrons. The Hall–Kier alpha value is -0.410. The maximum Gasteiger partial charge on any atom is 0.120 e. The van der Waals surface area contributed by atoms with Crippen molar-refractivity contribution in [3.8, 4) is 0 Å². The van der Waals surface area contributed by atoms with Crippen LogP contribution >= 0.6 is 0 Å². The third-order valence-corrected chi connectivity index (χ3v) is 1.62. The highest BCUT2D eigenvalue weighted by Gasteiger charge is 1.89. The zero-order valence-corrected chi connectivity index (χ0v) is 8.46. The van der Waals surface area contributed by atoms with Crippen molar-refractivity contribution >= 4 is 6.29 Å². The maximum atomic E-state index is 9.93. The van der Waals surface area contributed by atoms with Gasteiger partial charge in [0.25, 0.3) is 0 Å². The molecule has 0 aromatic carbocycles. The van der Waals surface area contributed by atoms with E-state index >= 15 is 0 Å². The van der Waals surface area contributed by atoms with Crippen molar-refractivity contribution in [2.45, 2.75) is 32.6 Å². The van der Waals surface area contributed by atoms with E-state index in [4.69, 9.17) is 9.47 Å². The number of ether oxygens (including phenoxy) is 2. The molecule has 3 nitrogen and oxygen atoms in total. The van der Waals surface area contributed by atoms with Gasteiger partial charge >= 0.3 is 0 Å². The Bertz CT molecular complexity index is 104. The molecule has 0 unspecified atom stereocenters. The van der Waals surface area contributed by atoms with E-state index in [9.17, 15) is 4.79 Å². The molecule has 0 bridgehead atoms. The molecule has 13 heavy (non-hydrogen) atoms. The van der Waals surface area contributed by atoms with Crippen molar-refractivity contribution in [1.82, 2.24) is 0 Å². The molecule has 0 saturated carbocycles. The van der Waals surface area contributed by atoms with Crippen LogP contribution in [0.5, 0.6) is 0 Å². The summed E-state index contributed by atoms with van der Waals surface area (Å²) in [5.41, 5.74) is 0. The van der Waals surface area contributed by atoms with Crippen molar-refractivity contribution in [2.24, 2.45) is 0 Å². The van der Waals surface area contributed by atoms with Gasteiger partial charge in [-0.1, -0.05) is 13.3 Å². The number of rotatable bonds is 10. The number of carbonyl (C=O) groups excluding carboxylic acids is 1. The van der Waals surface area contributed by atoms with Crippen molar-refractivity contribution in [2.75, 3.05) is 26.4 Å². The summed E-state index contributed by atoms with van der Waals surface area (Å²) in [6, 6.07) is 0. The van der Waals surface area contributed by atoms with Crippen LogP contribution in [0.4, 0.5) is 0 Å². The molecule has 0 rings (SSSR count). The Morgan fingerprint density at radius 1 is 1.00 bits per heavy atom. The van der Waals surface area contributed by atoms with Crippen molar-refractivity contribution in [3.63, 3.8) is 0 Å². The van der Waals surface area contributed by atoms with Crippen molar-refractivity contribution in [1.29, 1.82) is 0 Å². The minimum atomic E-state index is 0.594. The summed E-state index contributed by atoms with van der Waals surface area (Å²) in [5, 5.41) is 0. The summed E-state index contributed by atoms with van der Waals surface area (Å²) >= 11 is 0. The van der Waals surface area contributed by atoms with Gasteiger partial charge in [-0.25, -0.2) is 0 Å². The molecular formula is C10H20O3. The Kier molecular flexibility index (Phi) is 11.2. The molecule has 0 saturated heterocycles. The number of unbranched alkanes of at least 4 members (excludes halogenated alkanes) is 2. The van der Waals surface area contributed by atoms with E-state index < -0.39 is 0 Å². The lowest BCUT2D eigenvalue weighted by Crippen LogP contribution is -2.06. The van der Waals surface area contributed by atoms with Crippen molar-refractivity contribution < 1.29 is 14.3 Å². The standard InChI is InChI=1S/C10H20O3/c1-2-3-7-12-9-10-13-8-5-4-6-11/h6H,2-5,7-10H2,1H3. The van der Waals surface area contributed by atoms with Crippen LogP contribution in [0.15, 0.2) is 0 Å². The average molecular weight is 188 g/mol. The van der Waals surface area contributed by atoms with E-state index in [0.717, 1.165) is 25.7 Å². The first-order valence-electron chi connectivity index (χ1n) is 5.01. The summed E-state index contributed by atoms with van der Waals surface area (Å²) in [4.78, 5) is 9.93. The second kappa shape index (κ2) is 11.6. The van der Waals surface area contributed by atoms with Gasteiger partial charge in [0.15, 0.2) is 0 Å². The molecule has 0 atom stereocenters. The smallest absolute Gasteiger partial charge is 0.120 e. The highest BCUT2D eigenvalue weighted by atomic mass is 16.5. The molecule has 0 aromatic rings. The third-order valence-electron chi connectivity index (χ3n) is 1.62. The second-order valence-corrected chi connectivity index (χ2v) is 2.89. The van der Waals surface area contributed by atoms with Crippen LogP contribution in [0.3, 0.4) is 0 Å². The second-order valence-electron chi connectivity index (χ2n) is 2.89. The predicted octanol–water partition coefficient (Wildman–Crippen LogP) is 1.80. The molecule has 0 aliphatic rings. The highest BCUT2D eigenvalue weighted by Crippen LogP contribution is 1.89. The van der Waals surface area contributed by atoms with Crippen molar-refractivity contribution in [3.05, 3.63) is 0 Å². The van der Waals surface area contributed by atoms with Crippen LogP contribution in [-0.2, 0) is 14.3 Å². The lowest BCUT2D eigenvalue weighted by atomic mass is 10.3. The Morgan fingerprint density at radius 2 is 1.62 bits per heavy atom. The molecular weight excluding hydrogens is 168 g/mol. The lowest BCUT2D eigenvalue weighted by molar-refractivity contribution is -0.108. The molecule has 0 aliphatic carbocycles. The Labute approximate surface area is 80.4 Å². The first kappa shape index (κ1) is 12.6. The fourth-order valence-corrected chi connectivity index (χ4v) is 0.837. The monoisotopic (exact) mass is 188 g/mol. The van der Waals surface area contributed by atoms with Crippen LogP contribution in [0, 0.1) is 0 Å². The van der Waals surface area contributed by atoms with Gasteiger partial charge in [-0.05, 0) is 12.8 Å². The summed E-state index contributed by atoms with van der Waals surface area (Å²) < 4.78 is 10.5. The van der Waals surface area contributed by atoms with E-state index in [1.807, 2.05) is 0 Å². The zero-order valence-electron chi connectivity index (χ0n) is 8.46. The summed E-state index contributed by atoms with van der Waals surface area (Å²) in [6.45, 7) is 4.94. The molecule has 0 amide bonds. The fraction of sp³-hybridized carbons (Fsp3) is 0.900. The minimum absolute atomic E-state index is 0.594. The quantitative estimate of drug-likeness (QED) is 0.387. The predicted molar refractivity (Wildman–Crippen MR) is 51.8 cm³/mol. The molecule has 0 aromatic heterocycles. The molecule has 3 heteroatoms. The topological polar surface area (TPSA) is 35.5 Å². The van der Waals surface area contributed by atoms with E-state index in [2.05, 4.69) is 6.92 Å². The normalized spacial score (nSPS) is 10.2. The molecule has 0 aliphatic heterocycles. The highest BCUT2D eigenvalue weighted by molar-refractivity contribution is 5.48. The molecule has 0 fully saturated rings. The van der Waals surface area contributed by atoms with Crippen LogP contribution < -0.4 is 0 Å². The largest absolute Gasteiger partial charge is 0.379 e. The Balaban J connectivity index is 2.79. The van der Waals surface area contributed by atoms with E-state index in [0.29, 0.717) is 26.2 Å². The summed E-state index contributed by atoms with van der Waals surface area (Å²) in [7, 11) is 0. The molecule has 0 radical (unpaired) electrons. The number of hydrogen-bond acceptors (Lipinski definition) is 3. The first-order chi connectivity index (χ1) is 6.41. The van der Waals surface area contributed by atoms with E-state index in [1.54, 1.807) is 0 Å². The van der Waals surface area contributed by atoms with Gasteiger partial charge < -0.3 is 14.3 Å². The first-order valence-corrected chi connectivity index (χ1v) is 5.01. The van der Waals surface area contributed by atoms with Gasteiger partial charge in [-0.3, -0.25) is 0 Å².